The molecular formula is C31H27NO6S. The molecule has 0 aliphatic heterocycles. The van der Waals surface area contributed by atoms with Gasteiger partial charge in [0.05, 0.1) is 6.26 Å². The van der Waals surface area contributed by atoms with Crippen molar-refractivity contribution in [1.29, 1.82) is 0 Å². The number of fused-ring (bicyclic) bond motifs is 2. The summed E-state index contributed by atoms with van der Waals surface area (Å²) in [6.07, 6.45) is 1.79. The van der Waals surface area contributed by atoms with Gasteiger partial charge in [0.2, 0.25) is 5.91 Å². The summed E-state index contributed by atoms with van der Waals surface area (Å²) in [6, 6.07) is 22.2. The van der Waals surface area contributed by atoms with Crippen LogP contribution in [0.15, 0.2) is 92.7 Å². The molecule has 0 fully saturated rings. The van der Waals surface area contributed by atoms with E-state index in [0.29, 0.717) is 22.5 Å². The van der Waals surface area contributed by atoms with Gasteiger partial charge in [0.1, 0.15) is 17.2 Å². The van der Waals surface area contributed by atoms with Crippen LogP contribution in [-0.4, -0.2) is 28.8 Å². The third kappa shape index (κ3) is 5.91. The SMILES string of the molecule is Cc1c(CCC(=O)NC(CSCc2ccccc2)C(=O)O)c(=O)oc2cc3occ(-c4ccccc4)c3cc12. The highest BCUT2D eigenvalue weighted by Gasteiger charge is 2.21. The minimum atomic E-state index is -1.09. The van der Waals surface area contributed by atoms with Gasteiger partial charge in [-0.2, -0.15) is 11.8 Å². The summed E-state index contributed by atoms with van der Waals surface area (Å²) in [4.78, 5) is 37.2. The molecule has 0 bridgehead atoms. The van der Waals surface area contributed by atoms with Crippen molar-refractivity contribution >= 4 is 45.6 Å². The molecule has 8 heteroatoms. The van der Waals surface area contributed by atoms with E-state index < -0.39 is 23.5 Å². The number of aliphatic carboxylic acids is 1. The predicted molar refractivity (Wildman–Crippen MR) is 153 cm³/mol. The highest BCUT2D eigenvalue weighted by Crippen LogP contribution is 2.34. The van der Waals surface area contributed by atoms with E-state index in [1.54, 1.807) is 12.3 Å². The molecular weight excluding hydrogens is 514 g/mol. The van der Waals surface area contributed by atoms with Crippen LogP contribution in [0.3, 0.4) is 0 Å². The van der Waals surface area contributed by atoms with Crippen molar-refractivity contribution in [2.75, 3.05) is 5.75 Å². The summed E-state index contributed by atoms with van der Waals surface area (Å²) in [5.41, 5.74) is 4.66. The zero-order chi connectivity index (χ0) is 27.4. The lowest BCUT2D eigenvalue weighted by atomic mass is 9.99. The van der Waals surface area contributed by atoms with E-state index in [1.165, 1.54) is 11.8 Å². The Hall–Kier alpha value is -4.30. The van der Waals surface area contributed by atoms with Gasteiger partial charge in [-0.05, 0) is 36.1 Å². The second-order valence-corrected chi connectivity index (χ2v) is 10.3. The van der Waals surface area contributed by atoms with Crippen LogP contribution in [0.4, 0.5) is 0 Å². The zero-order valence-corrected chi connectivity index (χ0v) is 22.1. The maximum atomic E-state index is 12.8. The van der Waals surface area contributed by atoms with Gasteiger partial charge in [0.15, 0.2) is 0 Å². The van der Waals surface area contributed by atoms with Crippen LogP contribution in [-0.2, 0) is 21.8 Å². The van der Waals surface area contributed by atoms with Crippen LogP contribution < -0.4 is 10.9 Å². The molecule has 0 aliphatic carbocycles. The Morgan fingerprint density at radius 2 is 1.69 bits per heavy atom. The molecule has 0 aliphatic rings. The standard InChI is InChI=1S/C31H27NO6S/c1-19-22(12-13-29(33)32-26(30(34)35)18-39-17-20-8-4-2-5-9-20)31(36)38-28-15-27-24(14-23(19)28)25(16-37-27)21-10-6-3-7-11-21/h2-11,14-16,26H,12-13,17-18H2,1H3,(H,32,33)(H,34,35). The van der Waals surface area contributed by atoms with Gasteiger partial charge < -0.3 is 19.3 Å². The highest BCUT2D eigenvalue weighted by molar-refractivity contribution is 7.98. The maximum absolute atomic E-state index is 12.8. The first-order valence-electron chi connectivity index (χ1n) is 12.6. The maximum Gasteiger partial charge on any atom is 0.339 e. The number of carbonyl (C=O) groups excluding carboxylic acids is 1. The lowest BCUT2D eigenvalue weighted by Crippen LogP contribution is -2.42. The van der Waals surface area contributed by atoms with Crippen molar-refractivity contribution in [3.63, 3.8) is 0 Å². The number of rotatable bonds is 10. The Morgan fingerprint density at radius 3 is 2.41 bits per heavy atom. The Bertz CT molecular complexity index is 1690. The molecule has 1 atom stereocenters. The summed E-state index contributed by atoms with van der Waals surface area (Å²) in [6.45, 7) is 1.83. The van der Waals surface area contributed by atoms with E-state index in [-0.39, 0.29) is 18.6 Å². The fourth-order valence-electron chi connectivity index (χ4n) is 4.59. The molecule has 2 heterocycles. The monoisotopic (exact) mass is 541 g/mol. The van der Waals surface area contributed by atoms with Crippen LogP contribution >= 0.6 is 11.8 Å². The molecule has 0 saturated heterocycles. The van der Waals surface area contributed by atoms with Gasteiger partial charge in [0, 0.05) is 45.9 Å². The number of benzene rings is 3. The molecule has 1 unspecified atom stereocenters. The lowest BCUT2D eigenvalue weighted by molar-refractivity contribution is -0.141. The quantitative estimate of drug-likeness (QED) is 0.210. The predicted octanol–water partition coefficient (Wildman–Crippen LogP) is 5.95. The van der Waals surface area contributed by atoms with Crippen molar-refractivity contribution in [2.45, 2.75) is 31.6 Å². The summed E-state index contributed by atoms with van der Waals surface area (Å²) < 4.78 is 11.3. The van der Waals surface area contributed by atoms with Gasteiger partial charge in [-0.25, -0.2) is 9.59 Å². The van der Waals surface area contributed by atoms with Crippen molar-refractivity contribution in [2.24, 2.45) is 0 Å². The summed E-state index contributed by atoms with van der Waals surface area (Å²) >= 11 is 1.44. The minimum Gasteiger partial charge on any atom is -0.480 e. The Labute approximate surface area is 228 Å². The molecule has 0 saturated carbocycles. The average Bonchev–Trinajstić information content (AvgIpc) is 3.35. The highest BCUT2D eigenvalue weighted by atomic mass is 32.2. The first-order valence-corrected chi connectivity index (χ1v) is 13.7. The first kappa shape index (κ1) is 26.3. The minimum absolute atomic E-state index is 0.0343. The van der Waals surface area contributed by atoms with Crippen molar-refractivity contribution in [3.8, 4) is 11.1 Å². The molecule has 198 valence electrons. The van der Waals surface area contributed by atoms with Gasteiger partial charge in [-0.1, -0.05) is 60.7 Å². The van der Waals surface area contributed by atoms with Gasteiger partial charge >= 0.3 is 11.6 Å². The number of furan rings is 1. The number of hydrogen-bond acceptors (Lipinski definition) is 6. The summed E-state index contributed by atoms with van der Waals surface area (Å²) in [7, 11) is 0. The second kappa shape index (κ2) is 11.6. The van der Waals surface area contributed by atoms with Crippen LogP contribution in [0.5, 0.6) is 0 Å². The average molecular weight is 542 g/mol. The normalized spacial score (nSPS) is 12.0. The van der Waals surface area contributed by atoms with E-state index in [0.717, 1.165) is 33.0 Å². The summed E-state index contributed by atoms with van der Waals surface area (Å²) in [5, 5.41) is 13.8. The summed E-state index contributed by atoms with van der Waals surface area (Å²) in [5.74, 6) is -0.646. The van der Waals surface area contributed by atoms with E-state index in [2.05, 4.69) is 5.32 Å². The number of carboxylic acid groups (broad SMARTS) is 1. The molecule has 2 aromatic heterocycles. The smallest absolute Gasteiger partial charge is 0.339 e. The molecule has 0 spiro atoms. The molecule has 0 radical (unpaired) electrons. The first-order chi connectivity index (χ1) is 18.9. The number of hydrogen-bond donors (Lipinski definition) is 2. The lowest BCUT2D eigenvalue weighted by Gasteiger charge is -2.14. The third-order valence-corrected chi connectivity index (χ3v) is 7.80. The van der Waals surface area contributed by atoms with Crippen LogP contribution in [0.25, 0.3) is 33.1 Å². The molecule has 3 aromatic carbocycles. The van der Waals surface area contributed by atoms with Crippen molar-refractivity contribution in [3.05, 3.63) is 106 Å². The molecule has 5 rings (SSSR count). The number of carboxylic acids is 1. The van der Waals surface area contributed by atoms with Crippen LogP contribution in [0, 0.1) is 6.92 Å². The molecule has 7 nitrogen and oxygen atoms in total. The van der Waals surface area contributed by atoms with E-state index in [1.807, 2.05) is 73.7 Å². The molecule has 1 amide bonds. The fraction of sp³-hybridized carbons (Fsp3) is 0.194. The van der Waals surface area contributed by atoms with Crippen LogP contribution in [0.2, 0.25) is 0 Å². The number of carbonyl (C=O) groups is 2. The molecule has 2 N–H and O–H groups in total. The van der Waals surface area contributed by atoms with E-state index in [4.69, 9.17) is 8.83 Å². The Kier molecular flexibility index (Phi) is 7.84. The Balaban J connectivity index is 1.30. The van der Waals surface area contributed by atoms with E-state index >= 15 is 0 Å². The zero-order valence-electron chi connectivity index (χ0n) is 21.3. The molecule has 5 aromatic rings. The third-order valence-electron chi connectivity index (χ3n) is 6.70. The largest absolute Gasteiger partial charge is 0.480 e. The number of amides is 1. The topological polar surface area (TPSA) is 110 Å². The van der Waals surface area contributed by atoms with Gasteiger partial charge in [-0.15, -0.1) is 0 Å². The number of aryl methyl sites for hydroxylation is 1. The number of thioether (sulfide) groups is 1. The Morgan fingerprint density at radius 1 is 0.974 bits per heavy atom. The van der Waals surface area contributed by atoms with Crippen molar-refractivity contribution < 1.29 is 23.5 Å². The second-order valence-electron chi connectivity index (χ2n) is 9.31. The fourth-order valence-corrected chi connectivity index (χ4v) is 5.60. The molecule has 39 heavy (non-hydrogen) atoms. The van der Waals surface area contributed by atoms with Gasteiger partial charge in [-0.3, -0.25) is 4.79 Å². The van der Waals surface area contributed by atoms with Gasteiger partial charge in [0.25, 0.3) is 0 Å². The van der Waals surface area contributed by atoms with Crippen LogP contribution in [0.1, 0.15) is 23.1 Å². The van der Waals surface area contributed by atoms with Crippen molar-refractivity contribution in [1.82, 2.24) is 5.32 Å². The number of nitrogens with one attached hydrogen (secondary N) is 1. The van der Waals surface area contributed by atoms with E-state index in [9.17, 15) is 19.5 Å².